The van der Waals surface area contributed by atoms with Crippen LogP contribution in [-0.2, 0) is 16.2 Å². The number of hydrogen-bond acceptors (Lipinski definition) is 6. The van der Waals surface area contributed by atoms with Gasteiger partial charge >= 0.3 is 6.18 Å². The minimum absolute atomic E-state index is 0.152. The summed E-state index contributed by atoms with van der Waals surface area (Å²) in [5, 5.41) is 0. The van der Waals surface area contributed by atoms with Crippen molar-refractivity contribution >= 4 is 21.4 Å². The fourth-order valence-electron chi connectivity index (χ4n) is 3.48. The third-order valence-corrected chi connectivity index (χ3v) is 8.26. The second-order valence-corrected chi connectivity index (χ2v) is 12.2. The van der Waals surface area contributed by atoms with E-state index in [1.807, 2.05) is 0 Å². The van der Waals surface area contributed by atoms with Crippen LogP contribution in [-0.4, -0.2) is 28.9 Å². The van der Waals surface area contributed by atoms with Gasteiger partial charge in [0.25, 0.3) is 10.0 Å². The molecule has 3 heterocycles. The van der Waals surface area contributed by atoms with Gasteiger partial charge in [0.1, 0.15) is 4.21 Å². The van der Waals surface area contributed by atoms with Gasteiger partial charge in [-0.3, -0.25) is 4.98 Å². The topological polar surface area (TPSA) is 84.8 Å². The summed E-state index contributed by atoms with van der Waals surface area (Å²) in [6.07, 6.45) is -2.85. The lowest BCUT2D eigenvalue weighted by molar-refractivity contribution is -0.137. The lowest BCUT2D eigenvalue weighted by Crippen LogP contribution is -2.40. The number of halogens is 3. The van der Waals surface area contributed by atoms with Crippen LogP contribution in [0.4, 0.5) is 13.2 Å². The number of aryl methyl sites for hydroxylation is 1. The van der Waals surface area contributed by atoms with Gasteiger partial charge in [-0.25, -0.2) is 23.1 Å². The third kappa shape index (κ3) is 5.97. The lowest BCUT2D eigenvalue weighted by Gasteiger charge is -2.19. The monoisotopic (exact) mass is 532 g/mol. The normalized spacial score (nSPS) is 12.6. The molecule has 0 bridgehead atoms. The highest BCUT2D eigenvalue weighted by molar-refractivity contribution is 7.91. The van der Waals surface area contributed by atoms with Crippen molar-refractivity contribution in [2.75, 3.05) is 0 Å². The minimum Gasteiger partial charge on any atom is -0.251 e. The minimum atomic E-state index is -4.40. The van der Waals surface area contributed by atoms with Crippen LogP contribution in [0.15, 0.2) is 65.0 Å². The molecule has 0 fully saturated rings. The van der Waals surface area contributed by atoms with Crippen molar-refractivity contribution in [3.8, 4) is 33.2 Å². The molecule has 3 aromatic heterocycles. The fraction of sp³-hybridized carbons (Fsp3) is 0.240. The van der Waals surface area contributed by atoms with E-state index in [0.717, 1.165) is 23.5 Å². The molecule has 0 atom stereocenters. The van der Waals surface area contributed by atoms with E-state index in [1.54, 1.807) is 58.2 Å². The predicted molar refractivity (Wildman–Crippen MR) is 134 cm³/mol. The number of alkyl halides is 3. The molecule has 188 valence electrons. The second-order valence-electron chi connectivity index (χ2n) is 9.20. The number of benzene rings is 1. The Kier molecular flexibility index (Phi) is 6.76. The van der Waals surface area contributed by atoms with Gasteiger partial charge < -0.3 is 0 Å². The summed E-state index contributed by atoms with van der Waals surface area (Å²) in [4.78, 5) is 14.0. The first-order chi connectivity index (χ1) is 16.7. The van der Waals surface area contributed by atoms with Gasteiger partial charge in [0.05, 0.1) is 21.8 Å². The molecule has 0 aliphatic carbocycles. The summed E-state index contributed by atoms with van der Waals surface area (Å²) in [5.41, 5.74) is 1.66. The molecule has 0 aliphatic heterocycles. The molecule has 0 radical (unpaired) electrons. The zero-order valence-electron chi connectivity index (χ0n) is 19.9. The average molecular weight is 533 g/mol. The van der Waals surface area contributed by atoms with Gasteiger partial charge in [-0.15, -0.1) is 11.3 Å². The standard InChI is InChI=1S/C25H23F3N4O2S2/c1-15-13-17(16-5-7-18(8-6-16)25(26,27)28)14-20(30-15)19-11-12-29-23(31-19)21-9-10-22(35-21)36(33,34)32-24(2,3)4/h5-14,32H,1-4H3. The molecule has 0 spiro atoms. The van der Waals surface area contributed by atoms with Gasteiger partial charge in [0, 0.05) is 17.4 Å². The second kappa shape index (κ2) is 9.38. The molecule has 4 aromatic rings. The zero-order chi connectivity index (χ0) is 26.3. The molecular formula is C25H23F3N4O2S2. The maximum atomic E-state index is 12.9. The highest BCUT2D eigenvalue weighted by Gasteiger charge is 2.30. The molecule has 1 N–H and O–H groups in total. The summed E-state index contributed by atoms with van der Waals surface area (Å²) in [6, 6.07) is 13.3. The largest absolute Gasteiger partial charge is 0.416 e. The summed E-state index contributed by atoms with van der Waals surface area (Å²) in [7, 11) is -3.69. The van der Waals surface area contributed by atoms with Gasteiger partial charge in [-0.2, -0.15) is 13.2 Å². The fourth-order valence-corrected chi connectivity index (χ4v) is 6.14. The van der Waals surface area contributed by atoms with Gasteiger partial charge in [0.2, 0.25) is 0 Å². The Hall–Kier alpha value is -3.15. The molecule has 0 amide bonds. The first-order valence-electron chi connectivity index (χ1n) is 10.9. The maximum Gasteiger partial charge on any atom is 0.416 e. The van der Waals surface area contributed by atoms with Crippen LogP contribution in [0, 0.1) is 6.92 Å². The van der Waals surface area contributed by atoms with E-state index < -0.39 is 27.3 Å². The van der Waals surface area contributed by atoms with Crippen LogP contribution in [0.3, 0.4) is 0 Å². The van der Waals surface area contributed by atoms with Crippen molar-refractivity contribution in [2.45, 2.75) is 43.6 Å². The Bertz CT molecular complexity index is 1510. The number of nitrogens with one attached hydrogen (secondary N) is 1. The van der Waals surface area contributed by atoms with Gasteiger partial charge in [-0.1, -0.05) is 12.1 Å². The van der Waals surface area contributed by atoms with E-state index in [0.29, 0.717) is 38.9 Å². The number of aromatic nitrogens is 3. The number of nitrogens with zero attached hydrogens (tertiary/aromatic N) is 3. The molecule has 1 aromatic carbocycles. The third-order valence-electron chi connectivity index (χ3n) is 4.92. The number of thiophene rings is 1. The van der Waals surface area contributed by atoms with E-state index in [-0.39, 0.29) is 4.21 Å². The van der Waals surface area contributed by atoms with Gasteiger partial charge in [-0.05, 0) is 81.3 Å². The van der Waals surface area contributed by atoms with Gasteiger partial charge in [0.15, 0.2) is 5.82 Å². The van der Waals surface area contributed by atoms with Crippen molar-refractivity contribution in [1.82, 2.24) is 19.7 Å². The summed E-state index contributed by atoms with van der Waals surface area (Å²) < 4.78 is 66.9. The van der Waals surface area contributed by atoms with Crippen LogP contribution in [0.5, 0.6) is 0 Å². The van der Waals surface area contributed by atoms with Crippen LogP contribution in [0.2, 0.25) is 0 Å². The first-order valence-corrected chi connectivity index (χ1v) is 13.2. The molecule has 0 aliphatic rings. The van der Waals surface area contributed by atoms with Crippen LogP contribution in [0.25, 0.3) is 33.2 Å². The highest BCUT2D eigenvalue weighted by atomic mass is 32.2. The van der Waals surface area contributed by atoms with E-state index in [9.17, 15) is 21.6 Å². The predicted octanol–water partition coefficient (Wildman–Crippen LogP) is 6.34. The average Bonchev–Trinajstić information content (AvgIpc) is 3.28. The molecule has 0 saturated carbocycles. The Balaban J connectivity index is 1.67. The quantitative estimate of drug-likeness (QED) is 0.324. The van der Waals surface area contributed by atoms with E-state index in [2.05, 4.69) is 19.7 Å². The molecule has 4 rings (SSSR count). The van der Waals surface area contributed by atoms with Crippen molar-refractivity contribution in [3.05, 3.63) is 72.1 Å². The van der Waals surface area contributed by atoms with Crippen molar-refractivity contribution in [2.24, 2.45) is 0 Å². The SMILES string of the molecule is Cc1cc(-c2ccc(C(F)(F)F)cc2)cc(-c2ccnc(-c3ccc(S(=O)(=O)NC(C)(C)C)s3)n2)n1. The maximum absolute atomic E-state index is 12.9. The Morgan fingerprint density at radius 3 is 2.19 bits per heavy atom. The number of rotatable bonds is 5. The summed E-state index contributed by atoms with van der Waals surface area (Å²) in [6.45, 7) is 7.08. The molecule has 36 heavy (non-hydrogen) atoms. The van der Waals surface area contributed by atoms with E-state index in [4.69, 9.17) is 0 Å². The summed E-state index contributed by atoms with van der Waals surface area (Å²) >= 11 is 1.06. The first kappa shape index (κ1) is 25.9. The van der Waals surface area contributed by atoms with Crippen LogP contribution in [0.1, 0.15) is 32.0 Å². The van der Waals surface area contributed by atoms with Crippen molar-refractivity contribution in [3.63, 3.8) is 0 Å². The van der Waals surface area contributed by atoms with Crippen LogP contribution < -0.4 is 4.72 Å². The highest BCUT2D eigenvalue weighted by Crippen LogP contribution is 2.33. The van der Waals surface area contributed by atoms with Crippen molar-refractivity contribution < 1.29 is 21.6 Å². The molecule has 0 saturated heterocycles. The Morgan fingerprint density at radius 1 is 0.861 bits per heavy atom. The smallest absolute Gasteiger partial charge is 0.251 e. The number of pyridine rings is 1. The van der Waals surface area contributed by atoms with Crippen molar-refractivity contribution in [1.29, 1.82) is 0 Å². The Labute approximate surface area is 211 Å². The molecule has 0 unspecified atom stereocenters. The van der Waals surface area contributed by atoms with Crippen LogP contribution >= 0.6 is 11.3 Å². The van der Waals surface area contributed by atoms with E-state index in [1.165, 1.54) is 18.2 Å². The molecule has 11 heteroatoms. The summed E-state index contributed by atoms with van der Waals surface area (Å²) in [5.74, 6) is 0.342. The zero-order valence-corrected chi connectivity index (χ0v) is 21.5. The number of hydrogen-bond donors (Lipinski definition) is 1. The number of sulfonamides is 1. The molecular weight excluding hydrogens is 509 g/mol. The lowest BCUT2D eigenvalue weighted by atomic mass is 10.0. The molecule has 6 nitrogen and oxygen atoms in total. The Morgan fingerprint density at radius 2 is 1.56 bits per heavy atom. The van der Waals surface area contributed by atoms with E-state index >= 15 is 0 Å².